The van der Waals surface area contributed by atoms with Crippen molar-refractivity contribution in [3.05, 3.63) is 11.8 Å². The maximum atomic E-state index is 11.8. The van der Waals surface area contributed by atoms with Crippen molar-refractivity contribution in [3.8, 4) is 0 Å². The van der Waals surface area contributed by atoms with Gasteiger partial charge in [-0.2, -0.15) is 0 Å². The third-order valence-corrected chi connectivity index (χ3v) is 2.97. The first-order chi connectivity index (χ1) is 7.02. The number of piperazine rings is 1. The van der Waals surface area contributed by atoms with Crippen molar-refractivity contribution in [1.29, 1.82) is 0 Å². The van der Waals surface area contributed by atoms with E-state index in [1.165, 1.54) is 4.90 Å². The summed E-state index contributed by atoms with van der Waals surface area (Å²) in [5.74, 6) is -0.0145. The van der Waals surface area contributed by atoms with Gasteiger partial charge in [0.1, 0.15) is 11.7 Å². The highest BCUT2D eigenvalue weighted by atomic mass is 16.2. The van der Waals surface area contributed by atoms with Crippen LogP contribution in [0.25, 0.3) is 0 Å². The summed E-state index contributed by atoms with van der Waals surface area (Å²) in [6.45, 7) is 5.74. The molecule has 0 bridgehead atoms. The molecule has 0 aliphatic carbocycles. The van der Waals surface area contributed by atoms with Crippen molar-refractivity contribution in [2.45, 2.75) is 33.2 Å². The zero-order valence-electron chi connectivity index (χ0n) is 9.70. The van der Waals surface area contributed by atoms with Crippen molar-refractivity contribution < 1.29 is 9.59 Å². The fraction of sp³-hybridized carbons (Fsp3) is 0.636. The standard InChI is InChI=1S/C11H18N2O2/c1-5-7(3)9-10(14)12-8(6-2)11(15)13(9)4/h6-7,9H,5H2,1-4H3,(H,12,14)/b8-6-/t7-,9-/m0/s1. The van der Waals surface area contributed by atoms with Crippen LogP contribution in [0.15, 0.2) is 11.8 Å². The molecule has 1 aliphatic rings. The first-order valence-corrected chi connectivity index (χ1v) is 5.27. The highest BCUT2D eigenvalue weighted by Gasteiger charge is 2.37. The second kappa shape index (κ2) is 4.47. The molecule has 0 unspecified atom stereocenters. The van der Waals surface area contributed by atoms with E-state index in [9.17, 15) is 9.59 Å². The van der Waals surface area contributed by atoms with E-state index in [-0.39, 0.29) is 23.8 Å². The van der Waals surface area contributed by atoms with Gasteiger partial charge in [0.2, 0.25) is 5.91 Å². The lowest BCUT2D eigenvalue weighted by Gasteiger charge is -2.36. The van der Waals surface area contributed by atoms with Crippen LogP contribution in [-0.4, -0.2) is 29.8 Å². The van der Waals surface area contributed by atoms with Gasteiger partial charge in [0.25, 0.3) is 5.91 Å². The SMILES string of the molecule is C/C=C1\NC(=O)[C@H]([C@@H](C)CC)N(C)C1=O. The van der Waals surface area contributed by atoms with Crippen molar-refractivity contribution in [1.82, 2.24) is 10.2 Å². The smallest absolute Gasteiger partial charge is 0.270 e. The molecule has 1 fully saturated rings. The van der Waals surface area contributed by atoms with Crippen LogP contribution in [0.2, 0.25) is 0 Å². The molecule has 4 nitrogen and oxygen atoms in total. The summed E-state index contributed by atoms with van der Waals surface area (Å²) in [6, 6.07) is -0.341. The highest BCUT2D eigenvalue weighted by molar-refractivity contribution is 6.04. The van der Waals surface area contributed by atoms with Crippen molar-refractivity contribution in [3.63, 3.8) is 0 Å². The minimum Gasteiger partial charge on any atom is -0.328 e. The molecule has 0 aromatic heterocycles. The summed E-state index contributed by atoms with van der Waals surface area (Å²) < 4.78 is 0. The lowest BCUT2D eigenvalue weighted by Crippen LogP contribution is -2.57. The zero-order chi connectivity index (χ0) is 11.6. The van der Waals surface area contributed by atoms with Gasteiger partial charge in [-0.05, 0) is 12.8 Å². The number of rotatable bonds is 2. The van der Waals surface area contributed by atoms with E-state index in [1.807, 2.05) is 13.8 Å². The minimum absolute atomic E-state index is 0.0837. The molecule has 4 heteroatoms. The van der Waals surface area contributed by atoms with E-state index in [1.54, 1.807) is 20.0 Å². The number of nitrogens with zero attached hydrogens (tertiary/aromatic N) is 1. The first-order valence-electron chi connectivity index (χ1n) is 5.27. The maximum Gasteiger partial charge on any atom is 0.270 e. The van der Waals surface area contributed by atoms with Crippen LogP contribution in [0.1, 0.15) is 27.2 Å². The summed E-state index contributed by atoms with van der Waals surface area (Å²) >= 11 is 0. The van der Waals surface area contributed by atoms with Gasteiger partial charge in [0.05, 0.1) is 0 Å². The van der Waals surface area contributed by atoms with Crippen LogP contribution in [0, 0.1) is 5.92 Å². The number of allylic oxidation sites excluding steroid dienone is 1. The van der Waals surface area contributed by atoms with Crippen LogP contribution in [0.3, 0.4) is 0 Å². The third kappa shape index (κ3) is 2.03. The maximum absolute atomic E-state index is 11.8. The molecular weight excluding hydrogens is 192 g/mol. The van der Waals surface area contributed by atoms with Crippen LogP contribution in [0.5, 0.6) is 0 Å². The minimum atomic E-state index is -0.341. The Bertz CT molecular complexity index is 310. The molecule has 2 amide bonds. The van der Waals surface area contributed by atoms with Crippen molar-refractivity contribution in [2.75, 3.05) is 7.05 Å². The van der Waals surface area contributed by atoms with Gasteiger partial charge in [-0.1, -0.05) is 26.3 Å². The number of hydrogen-bond acceptors (Lipinski definition) is 2. The van der Waals surface area contributed by atoms with Crippen molar-refractivity contribution >= 4 is 11.8 Å². The van der Waals surface area contributed by atoms with E-state index in [0.717, 1.165) is 6.42 Å². The molecule has 1 N–H and O–H groups in total. The van der Waals surface area contributed by atoms with Gasteiger partial charge < -0.3 is 10.2 Å². The number of likely N-dealkylation sites (N-methyl/N-ethyl adjacent to an activating group) is 1. The number of hydrogen-bond donors (Lipinski definition) is 1. The highest BCUT2D eigenvalue weighted by Crippen LogP contribution is 2.19. The number of carbonyl (C=O) groups is 2. The van der Waals surface area contributed by atoms with Gasteiger partial charge in [-0.25, -0.2) is 0 Å². The number of amides is 2. The lowest BCUT2D eigenvalue weighted by molar-refractivity contribution is -0.142. The van der Waals surface area contributed by atoms with Crippen molar-refractivity contribution in [2.24, 2.45) is 5.92 Å². The predicted molar refractivity (Wildman–Crippen MR) is 57.9 cm³/mol. The first kappa shape index (κ1) is 11.8. The molecule has 0 aromatic carbocycles. The second-order valence-corrected chi connectivity index (χ2v) is 3.94. The molecule has 1 saturated heterocycles. The van der Waals surface area contributed by atoms with Gasteiger partial charge >= 0.3 is 0 Å². The van der Waals surface area contributed by atoms with Gasteiger partial charge in [0.15, 0.2) is 0 Å². The Balaban J connectivity index is 2.94. The fourth-order valence-electron chi connectivity index (χ4n) is 1.81. The Morgan fingerprint density at radius 3 is 2.60 bits per heavy atom. The van der Waals surface area contributed by atoms with Gasteiger partial charge in [0, 0.05) is 7.05 Å². The summed E-state index contributed by atoms with van der Waals surface area (Å²) in [6.07, 6.45) is 2.50. The molecule has 15 heavy (non-hydrogen) atoms. The van der Waals surface area contributed by atoms with Crippen LogP contribution in [-0.2, 0) is 9.59 Å². The summed E-state index contributed by atoms with van der Waals surface area (Å²) in [7, 11) is 1.68. The molecule has 84 valence electrons. The third-order valence-electron chi connectivity index (χ3n) is 2.97. The molecule has 0 spiro atoms. The number of nitrogens with one attached hydrogen (secondary N) is 1. The molecule has 1 heterocycles. The predicted octanol–water partition coefficient (Wildman–Crippen LogP) is 0.893. The Labute approximate surface area is 90.3 Å². The van der Waals surface area contributed by atoms with Crippen LogP contribution >= 0.6 is 0 Å². The number of carbonyl (C=O) groups excluding carboxylic acids is 2. The Morgan fingerprint density at radius 2 is 2.13 bits per heavy atom. The van der Waals surface area contributed by atoms with E-state index in [2.05, 4.69) is 5.32 Å². The van der Waals surface area contributed by atoms with Crippen LogP contribution < -0.4 is 5.32 Å². The molecule has 0 aromatic rings. The summed E-state index contributed by atoms with van der Waals surface area (Å²) in [5.41, 5.74) is 0.377. The van der Waals surface area contributed by atoms with E-state index in [0.29, 0.717) is 5.70 Å². The van der Waals surface area contributed by atoms with E-state index >= 15 is 0 Å². The monoisotopic (exact) mass is 210 g/mol. The zero-order valence-corrected chi connectivity index (χ0v) is 9.70. The topological polar surface area (TPSA) is 49.4 Å². The van der Waals surface area contributed by atoms with Gasteiger partial charge in [-0.15, -0.1) is 0 Å². The molecule has 1 rings (SSSR count). The lowest BCUT2D eigenvalue weighted by atomic mass is 9.95. The molecule has 2 atom stereocenters. The largest absolute Gasteiger partial charge is 0.328 e. The second-order valence-electron chi connectivity index (χ2n) is 3.94. The Kier molecular flexibility index (Phi) is 3.50. The Hall–Kier alpha value is -1.32. The molecular formula is C11H18N2O2. The normalized spacial score (nSPS) is 26.8. The molecule has 1 aliphatic heterocycles. The van der Waals surface area contributed by atoms with Gasteiger partial charge in [-0.3, -0.25) is 9.59 Å². The average molecular weight is 210 g/mol. The van der Waals surface area contributed by atoms with E-state index in [4.69, 9.17) is 0 Å². The van der Waals surface area contributed by atoms with Crippen LogP contribution in [0.4, 0.5) is 0 Å². The average Bonchev–Trinajstić information content (AvgIpc) is 2.23. The van der Waals surface area contributed by atoms with E-state index < -0.39 is 0 Å². The summed E-state index contributed by atoms with van der Waals surface area (Å²) in [4.78, 5) is 25.1. The fourth-order valence-corrected chi connectivity index (χ4v) is 1.81. The Morgan fingerprint density at radius 1 is 1.53 bits per heavy atom. The summed E-state index contributed by atoms with van der Waals surface area (Å²) in [5, 5.41) is 2.64. The molecule has 0 saturated carbocycles. The quantitative estimate of drug-likeness (QED) is 0.688. The molecule has 0 radical (unpaired) electrons.